The smallest absolute Gasteiger partial charge is 0.329 e. The van der Waals surface area contributed by atoms with Gasteiger partial charge in [-0.25, -0.2) is 14.6 Å². The fourth-order valence-electron chi connectivity index (χ4n) is 2.12. The Morgan fingerprint density at radius 1 is 1.16 bits per heavy atom. The normalized spacial score (nSPS) is 11.6. The molecule has 2 amide bonds. The molecule has 0 unspecified atom stereocenters. The van der Waals surface area contributed by atoms with Gasteiger partial charge in [-0.3, -0.25) is 5.32 Å². The summed E-state index contributed by atoms with van der Waals surface area (Å²) < 4.78 is 5.21. The summed E-state index contributed by atoms with van der Waals surface area (Å²) in [6.07, 6.45) is 1.49. The number of phenolic OH excluding ortho intramolecular Hbond substituents is 1. The van der Waals surface area contributed by atoms with Gasteiger partial charge in [0.05, 0.1) is 6.10 Å². The van der Waals surface area contributed by atoms with E-state index in [0.29, 0.717) is 5.82 Å². The van der Waals surface area contributed by atoms with Crippen LogP contribution in [0.25, 0.3) is 0 Å². The monoisotopic (exact) mass is 343 g/mol. The predicted octanol–water partition coefficient (Wildman–Crippen LogP) is 2.47. The number of urea groups is 1. The number of nitrogens with zero attached hydrogens (tertiary/aromatic N) is 1. The standard InChI is InChI=1S/C18H21N3O4/c1-12(2)25-17(23)15(11-13-6-8-14(22)9-7-13)20-18(24)21-16-5-3-4-10-19-16/h3-10,12,15,22H,11H2,1-2H3,(H2,19,20,21,24)/t15-/m0/s1. The first-order chi connectivity index (χ1) is 11.9. The van der Waals surface area contributed by atoms with E-state index in [9.17, 15) is 14.7 Å². The minimum atomic E-state index is -0.865. The van der Waals surface area contributed by atoms with Gasteiger partial charge in [0.2, 0.25) is 0 Å². The highest BCUT2D eigenvalue weighted by Crippen LogP contribution is 2.12. The highest BCUT2D eigenvalue weighted by molar-refractivity contribution is 5.91. The molecule has 1 aromatic carbocycles. The van der Waals surface area contributed by atoms with Crippen LogP contribution >= 0.6 is 0 Å². The molecule has 2 aromatic rings. The van der Waals surface area contributed by atoms with Gasteiger partial charge >= 0.3 is 12.0 Å². The zero-order chi connectivity index (χ0) is 18.2. The molecule has 1 heterocycles. The minimum absolute atomic E-state index is 0.130. The van der Waals surface area contributed by atoms with E-state index >= 15 is 0 Å². The van der Waals surface area contributed by atoms with Crippen LogP contribution in [0.15, 0.2) is 48.7 Å². The van der Waals surface area contributed by atoms with Crippen LogP contribution in [-0.2, 0) is 16.0 Å². The van der Waals surface area contributed by atoms with Crippen molar-refractivity contribution < 1.29 is 19.4 Å². The van der Waals surface area contributed by atoms with Gasteiger partial charge in [0.25, 0.3) is 0 Å². The SMILES string of the molecule is CC(C)OC(=O)[C@H](Cc1ccc(O)cc1)NC(=O)Nc1ccccn1. The Hall–Kier alpha value is -3.09. The molecular formula is C18H21N3O4. The second-order valence-corrected chi connectivity index (χ2v) is 5.72. The molecule has 0 saturated heterocycles. The molecule has 0 spiro atoms. The summed E-state index contributed by atoms with van der Waals surface area (Å²) >= 11 is 0. The predicted molar refractivity (Wildman–Crippen MR) is 93.2 cm³/mol. The summed E-state index contributed by atoms with van der Waals surface area (Å²) in [7, 11) is 0. The lowest BCUT2D eigenvalue weighted by Gasteiger charge is -2.19. The van der Waals surface area contributed by atoms with Crippen molar-refractivity contribution in [3.8, 4) is 5.75 Å². The molecule has 0 fully saturated rings. The Morgan fingerprint density at radius 2 is 1.88 bits per heavy atom. The lowest BCUT2D eigenvalue weighted by atomic mass is 10.1. The maximum absolute atomic E-state index is 12.3. The zero-order valence-electron chi connectivity index (χ0n) is 14.1. The van der Waals surface area contributed by atoms with Crippen LogP contribution in [0.3, 0.4) is 0 Å². The van der Waals surface area contributed by atoms with Crippen molar-refractivity contribution in [2.24, 2.45) is 0 Å². The van der Waals surface area contributed by atoms with Gasteiger partial charge in [-0.15, -0.1) is 0 Å². The second-order valence-electron chi connectivity index (χ2n) is 5.72. The summed E-state index contributed by atoms with van der Waals surface area (Å²) in [5.74, 6) is -0.0224. The van der Waals surface area contributed by atoms with Gasteiger partial charge < -0.3 is 15.2 Å². The first-order valence-corrected chi connectivity index (χ1v) is 7.91. The number of esters is 1. The van der Waals surface area contributed by atoms with Crippen molar-refractivity contribution in [2.45, 2.75) is 32.4 Å². The Kier molecular flexibility index (Phi) is 6.33. The largest absolute Gasteiger partial charge is 0.508 e. The van der Waals surface area contributed by atoms with Crippen molar-refractivity contribution >= 4 is 17.8 Å². The number of amides is 2. The number of nitrogens with one attached hydrogen (secondary N) is 2. The fraction of sp³-hybridized carbons (Fsp3) is 0.278. The summed E-state index contributed by atoms with van der Waals surface area (Å²) in [5.41, 5.74) is 0.779. The number of hydrogen-bond donors (Lipinski definition) is 3. The molecule has 7 nitrogen and oxygen atoms in total. The third-order valence-electron chi connectivity index (χ3n) is 3.22. The maximum atomic E-state index is 12.3. The molecule has 3 N–H and O–H groups in total. The van der Waals surface area contributed by atoms with E-state index in [4.69, 9.17) is 4.74 Å². The summed E-state index contributed by atoms with van der Waals surface area (Å²) in [4.78, 5) is 28.4. The molecule has 0 bridgehead atoms. The van der Waals surface area contributed by atoms with Crippen LogP contribution in [0.4, 0.5) is 10.6 Å². The maximum Gasteiger partial charge on any atom is 0.329 e. The summed E-state index contributed by atoms with van der Waals surface area (Å²) in [5, 5.41) is 14.5. The van der Waals surface area contributed by atoms with Crippen LogP contribution in [0.2, 0.25) is 0 Å². The van der Waals surface area contributed by atoms with E-state index in [0.717, 1.165) is 5.56 Å². The molecule has 132 valence electrons. The summed E-state index contributed by atoms with van der Waals surface area (Å²) in [6.45, 7) is 3.48. The van der Waals surface area contributed by atoms with Crippen molar-refractivity contribution in [1.82, 2.24) is 10.3 Å². The molecule has 0 aliphatic heterocycles. The number of aromatic hydroxyl groups is 1. The van der Waals surface area contributed by atoms with Crippen molar-refractivity contribution in [3.05, 3.63) is 54.2 Å². The highest BCUT2D eigenvalue weighted by Gasteiger charge is 2.24. The average molecular weight is 343 g/mol. The molecule has 0 aliphatic carbocycles. The van der Waals surface area contributed by atoms with Crippen molar-refractivity contribution in [2.75, 3.05) is 5.32 Å². The number of pyridine rings is 1. The molecule has 7 heteroatoms. The topological polar surface area (TPSA) is 101 Å². The van der Waals surface area contributed by atoms with Gasteiger partial charge in [0.15, 0.2) is 0 Å². The molecule has 1 aromatic heterocycles. The van der Waals surface area contributed by atoms with Gasteiger partial charge in [-0.2, -0.15) is 0 Å². The first kappa shape index (κ1) is 18.3. The summed E-state index contributed by atoms with van der Waals surface area (Å²) in [6, 6.07) is 10.1. The number of ether oxygens (including phenoxy) is 1. The first-order valence-electron chi connectivity index (χ1n) is 7.91. The van der Waals surface area contributed by atoms with Crippen LogP contribution < -0.4 is 10.6 Å². The number of phenols is 1. The van der Waals surface area contributed by atoms with E-state index in [2.05, 4.69) is 15.6 Å². The van der Waals surface area contributed by atoms with Crippen LogP contribution in [-0.4, -0.2) is 34.2 Å². The third-order valence-corrected chi connectivity index (χ3v) is 3.22. The lowest BCUT2D eigenvalue weighted by Crippen LogP contribution is -2.45. The number of hydrogen-bond acceptors (Lipinski definition) is 5. The number of rotatable bonds is 6. The molecule has 25 heavy (non-hydrogen) atoms. The van der Waals surface area contributed by atoms with Gasteiger partial charge in [0, 0.05) is 12.6 Å². The van der Waals surface area contributed by atoms with E-state index in [1.165, 1.54) is 12.1 Å². The van der Waals surface area contributed by atoms with Crippen LogP contribution in [0, 0.1) is 0 Å². The van der Waals surface area contributed by atoms with E-state index < -0.39 is 18.0 Å². The van der Waals surface area contributed by atoms with E-state index in [1.807, 2.05) is 0 Å². The number of benzene rings is 1. The minimum Gasteiger partial charge on any atom is -0.508 e. The molecule has 1 atom stereocenters. The molecule has 0 aliphatic rings. The van der Waals surface area contributed by atoms with Crippen LogP contribution in [0.5, 0.6) is 5.75 Å². The Balaban J connectivity index is 2.06. The lowest BCUT2D eigenvalue weighted by molar-refractivity contribution is -0.149. The Bertz CT molecular complexity index is 702. The highest BCUT2D eigenvalue weighted by atomic mass is 16.5. The van der Waals surface area contributed by atoms with Gasteiger partial charge in [-0.1, -0.05) is 18.2 Å². The van der Waals surface area contributed by atoms with Crippen molar-refractivity contribution in [3.63, 3.8) is 0 Å². The molecule has 0 saturated carbocycles. The third kappa shape index (κ3) is 6.14. The average Bonchev–Trinajstić information content (AvgIpc) is 2.56. The van der Waals surface area contributed by atoms with Gasteiger partial charge in [-0.05, 0) is 43.7 Å². The van der Waals surface area contributed by atoms with E-state index in [-0.39, 0.29) is 18.3 Å². The number of carbonyl (C=O) groups excluding carboxylic acids is 2. The van der Waals surface area contributed by atoms with Crippen LogP contribution in [0.1, 0.15) is 19.4 Å². The number of aromatic nitrogens is 1. The fourth-order valence-corrected chi connectivity index (χ4v) is 2.12. The number of carbonyl (C=O) groups is 2. The quantitative estimate of drug-likeness (QED) is 0.700. The Labute approximate surface area is 146 Å². The molecule has 2 rings (SSSR count). The second kappa shape index (κ2) is 8.68. The number of anilines is 1. The zero-order valence-corrected chi connectivity index (χ0v) is 14.1. The molecule has 0 radical (unpaired) electrons. The van der Waals surface area contributed by atoms with Gasteiger partial charge in [0.1, 0.15) is 17.6 Å². The van der Waals surface area contributed by atoms with Crippen molar-refractivity contribution in [1.29, 1.82) is 0 Å². The Morgan fingerprint density at radius 3 is 2.48 bits per heavy atom. The molecular weight excluding hydrogens is 322 g/mol. The van der Waals surface area contributed by atoms with E-state index in [1.54, 1.807) is 50.4 Å².